The number of nitrogens with zero attached hydrogens (tertiary/aromatic N) is 1. The Hall–Kier alpha value is -2.66. The van der Waals surface area contributed by atoms with Gasteiger partial charge in [-0.05, 0) is 36.8 Å². The third-order valence-electron chi connectivity index (χ3n) is 4.21. The molecule has 0 aliphatic carbocycles. The van der Waals surface area contributed by atoms with E-state index in [0.717, 1.165) is 4.90 Å². The average Bonchev–Trinajstić information content (AvgIpc) is 2.82. The van der Waals surface area contributed by atoms with Gasteiger partial charge in [0, 0.05) is 11.4 Å². The number of carboxylic acid groups (broad SMARTS) is 1. The summed E-state index contributed by atoms with van der Waals surface area (Å²) >= 11 is 5.84. The Kier molecular flexibility index (Phi) is 3.89. The topological polar surface area (TPSA) is 74.7 Å². The lowest BCUT2D eigenvalue weighted by Gasteiger charge is -2.33. The molecule has 0 bridgehead atoms. The van der Waals surface area contributed by atoms with Crippen molar-refractivity contribution >= 4 is 29.4 Å². The van der Waals surface area contributed by atoms with Gasteiger partial charge in [0.15, 0.2) is 0 Å². The Morgan fingerprint density at radius 1 is 1.04 bits per heavy atom. The second-order valence-corrected chi connectivity index (χ2v) is 6.31. The van der Waals surface area contributed by atoms with Crippen LogP contribution in [0, 0.1) is 0 Å². The van der Waals surface area contributed by atoms with E-state index in [2.05, 4.69) is 0 Å². The summed E-state index contributed by atoms with van der Waals surface area (Å²) in [5, 5.41) is 10.3. The highest BCUT2D eigenvalue weighted by Crippen LogP contribution is 2.32. The minimum atomic E-state index is -1.69. The number of fused-ring (bicyclic) bond motifs is 1. The Balaban J connectivity index is 2.03. The van der Waals surface area contributed by atoms with Crippen molar-refractivity contribution < 1.29 is 19.5 Å². The lowest BCUT2D eigenvalue weighted by atomic mass is 9.91. The molecule has 6 heteroatoms. The largest absolute Gasteiger partial charge is 0.479 e. The van der Waals surface area contributed by atoms with E-state index in [-0.39, 0.29) is 17.5 Å². The van der Waals surface area contributed by atoms with E-state index < -0.39 is 23.3 Å². The summed E-state index contributed by atoms with van der Waals surface area (Å²) in [4.78, 5) is 38.0. The number of benzene rings is 2. The fraction of sp³-hybridized carbons (Fsp3) is 0.167. The van der Waals surface area contributed by atoms with Crippen LogP contribution in [-0.2, 0) is 11.2 Å². The van der Waals surface area contributed by atoms with Crippen LogP contribution in [0.15, 0.2) is 48.5 Å². The SMILES string of the molecule is C[C@](Cc1ccc(Cl)cc1)(C(=O)O)N1C(=O)c2ccccc2C1=O. The van der Waals surface area contributed by atoms with Crippen LogP contribution < -0.4 is 0 Å². The van der Waals surface area contributed by atoms with Gasteiger partial charge in [0.25, 0.3) is 11.8 Å². The molecular formula is C18H14ClNO4. The quantitative estimate of drug-likeness (QED) is 0.866. The summed E-state index contributed by atoms with van der Waals surface area (Å²) in [6.07, 6.45) is -0.00896. The molecule has 1 atom stereocenters. The van der Waals surface area contributed by atoms with Crippen molar-refractivity contribution in [1.29, 1.82) is 0 Å². The summed E-state index contributed by atoms with van der Waals surface area (Å²) in [5.74, 6) is -2.42. The van der Waals surface area contributed by atoms with Crippen molar-refractivity contribution in [2.45, 2.75) is 18.9 Å². The fourth-order valence-corrected chi connectivity index (χ4v) is 3.01. The fourth-order valence-electron chi connectivity index (χ4n) is 2.89. The third kappa shape index (κ3) is 2.47. The molecule has 2 amide bonds. The minimum Gasteiger partial charge on any atom is -0.479 e. The number of carbonyl (C=O) groups excluding carboxylic acids is 2. The highest BCUT2D eigenvalue weighted by atomic mass is 35.5. The Bertz CT molecular complexity index is 811. The van der Waals surface area contributed by atoms with Crippen molar-refractivity contribution in [1.82, 2.24) is 4.90 Å². The van der Waals surface area contributed by atoms with Crippen molar-refractivity contribution in [3.05, 3.63) is 70.2 Å². The zero-order valence-corrected chi connectivity index (χ0v) is 13.6. The zero-order chi connectivity index (χ0) is 17.5. The van der Waals surface area contributed by atoms with Gasteiger partial charge in [-0.25, -0.2) is 4.79 Å². The standard InChI is InChI=1S/C18H14ClNO4/c1-18(17(23)24,10-11-6-8-12(19)9-7-11)20-15(21)13-4-2-3-5-14(13)16(20)22/h2-9H,10H2,1H3,(H,23,24)/t18-/m0/s1. The van der Waals surface area contributed by atoms with Crippen LogP contribution in [0.1, 0.15) is 33.2 Å². The smallest absolute Gasteiger partial charge is 0.330 e. The molecule has 3 rings (SSSR count). The molecule has 0 saturated heterocycles. The predicted molar refractivity (Wildman–Crippen MR) is 88.1 cm³/mol. The lowest BCUT2D eigenvalue weighted by molar-refractivity contribution is -0.147. The van der Waals surface area contributed by atoms with Crippen molar-refractivity contribution in [3.63, 3.8) is 0 Å². The first-order valence-corrected chi connectivity index (χ1v) is 7.68. The summed E-state index contributed by atoms with van der Waals surface area (Å²) in [5.41, 5.74) is -0.570. The van der Waals surface area contributed by atoms with Crippen LogP contribution in [0.4, 0.5) is 0 Å². The normalized spacial score (nSPS) is 16.0. The van der Waals surface area contributed by atoms with E-state index in [9.17, 15) is 19.5 Å². The van der Waals surface area contributed by atoms with Gasteiger partial charge in [-0.2, -0.15) is 0 Å². The molecule has 0 fully saturated rings. The Labute approximate surface area is 143 Å². The molecule has 0 radical (unpaired) electrons. The molecule has 1 aliphatic rings. The number of hydrogen-bond donors (Lipinski definition) is 1. The van der Waals surface area contributed by atoms with Crippen LogP contribution in [0.3, 0.4) is 0 Å². The number of halogens is 1. The molecule has 122 valence electrons. The molecule has 2 aromatic carbocycles. The molecule has 1 N–H and O–H groups in total. The second-order valence-electron chi connectivity index (χ2n) is 5.87. The summed E-state index contributed by atoms with van der Waals surface area (Å²) < 4.78 is 0. The van der Waals surface area contributed by atoms with Crippen LogP contribution in [-0.4, -0.2) is 33.3 Å². The maximum Gasteiger partial charge on any atom is 0.330 e. The van der Waals surface area contributed by atoms with Crippen LogP contribution in [0.25, 0.3) is 0 Å². The van der Waals surface area contributed by atoms with Crippen molar-refractivity contribution in [2.75, 3.05) is 0 Å². The monoisotopic (exact) mass is 343 g/mol. The van der Waals surface area contributed by atoms with Crippen molar-refractivity contribution in [2.24, 2.45) is 0 Å². The number of rotatable bonds is 4. The summed E-state index contributed by atoms with van der Waals surface area (Å²) in [6, 6.07) is 13.0. The van der Waals surface area contributed by atoms with Gasteiger partial charge >= 0.3 is 5.97 Å². The van der Waals surface area contributed by atoms with Crippen LogP contribution >= 0.6 is 11.6 Å². The van der Waals surface area contributed by atoms with E-state index in [1.165, 1.54) is 19.1 Å². The summed E-state index contributed by atoms with van der Waals surface area (Å²) in [7, 11) is 0. The Morgan fingerprint density at radius 2 is 1.54 bits per heavy atom. The van der Waals surface area contributed by atoms with Gasteiger partial charge in [0.2, 0.25) is 0 Å². The maximum absolute atomic E-state index is 12.6. The molecule has 24 heavy (non-hydrogen) atoms. The highest BCUT2D eigenvalue weighted by Gasteiger charge is 2.50. The van der Waals surface area contributed by atoms with E-state index in [1.807, 2.05) is 0 Å². The van der Waals surface area contributed by atoms with Crippen LogP contribution in [0.2, 0.25) is 5.02 Å². The second kappa shape index (κ2) is 5.76. The number of carbonyl (C=O) groups is 3. The molecule has 0 aromatic heterocycles. The highest BCUT2D eigenvalue weighted by molar-refractivity contribution is 6.30. The number of amides is 2. The first-order valence-electron chi connectivity index (χ1n) is 7.30. The van der Waals surface area contributed by atoms with E-state index in [4.69, 9.17) is 11.6 Å². The third-order valence-corrected chi connectivity index (χ3v) is 4.46. The van der Waals surface area contributed by atoms with Crippen molar-refractivity contribution in [3.8, 4) is 0 Å². The van der Waals surface area contributed by atoms with Gasteiger partial charge in [-0.3, -0.25) is 14.5 Å². The maximum atomic E-state index is 12.6. The van der Waals surface area contributed by atoms with Gasteiger partial charge in [-0.1, -0.05) is 35.9 Å². The predicted octanol–water partition coefficient (Wildman–Crippen LogP) is 3.02. The van der Waals surface area contributed by atoms with Gasteiger partial charge in [0.1, 0.15) is 5.54 Å². The molecular weight excluding hydrogens is 330 g/mol. The van der Waals surface area contributed by atoms with Gasteiger partial charge < -0.3 is 5.11 Å². The molecule has 2 aromatic rings. The number of imide groups is 1. The Morgan fingerprint density at radius 3 is 2.00 bits per heavy atom. The molecule has 0 unspecified atom stereocenters. The molecule has 1 aliphatic heterocycles. The molecule has 1 heterocycles. The molecule has 0 spiro atoms. The van der Waals surface area contributed by atoms with Gasteiger partial charge in [0.05, 0.1) is 11.1 Å². The average molecular weight is 344 g/mol. The van der Waals surface area contributed by atoms with Gasteiger partial charge in [-0.15, -0.1) is 0 Å². The zero-order valence-electron chi connectivity index (χ0n) is 12.8. The number of hydrogen-bond acceptors (Lipinski definition) is 3. The minimum absolute atomic E-state index is 0.00896. The molecule has 0 saturated carbocycles. The first kappa shape index (κ1) is 16.2. The number of aliphatic carboxylic acids is 1. The van der Waals surface area contributed by atoms with E-state index in [0.29, 0.717) is 10.6 Å². The summed E-state index contributed by atoms with van der Waals surface area (Å²) in [6.45, 7) is 1.38. The van der Waals surface area contributed by atoms with E-state index in [1.54, 1.807) is 36.4 Å². The first-order chi connectivity index (χ1) is 11.3. The lowest BCUT2D eigenvalue weighted by Crippen LogP contribution is -2.56. The number of carboxylic acids is 1. The van der Waals surface area contributed by atoms with E-state index >= 15 is 0 Å². The van der Waals surface area contributed by atoms with Crippen LogP contribution in [0.5, 0.6) is 0 Å². The molecule has 5 nitrogen and oxygen atoms in total.